The van der Waals surface area contributed by atoms with Crippen molar-refractivity contribution in [2.24, 2.45) is 0 Å². The van der Waals surface area contributed by atoms with E-state index in [1.54, 1.807) is 22.3 Å². The minimum Gasteiger partial charge on any atom is -0.468 e. The van der Waals surface area contributed by atoms with Gasteiger partial charge in [-0.05, 0) is 85.3 Å². The van der Waals surface area contributed by atoms with Crippen LogP contribution in [0.4, 0.5) is 0 Å². The summed E-state index contributed by atoms with van der Waals surface area (Å²) in [6, 6.07) is 15.4. The zero-order chi connectivity index (χ0) is 24.6. The van der Waals surface area contributed by atoms with Gasteiger partial charge in [0.05, 0.1) is 18.3 Å². The fraction of sp³-hybridized carbons (Fsp3) is 0.308. The Labute approximate surface area is 207 Å². The standard InChI is InChI=1S/C26H28N6O2S/c1-17-9-10-22-18(13-17)14-21(25(33)27-22)23(24-28-29-30-32(24)26(2,3)4)31(15-19-7-5-11-34-19)16-20-8-6-12-35-20/h5-14,23H,15-16H2,1-4H3,(H,27,33)/t23-/m0/s1. The molecule has 1 atom stereocenters. The number of hydrogen-bond donors (Lipinski definition) is 1. The summed E-state index contributed by atoms with van der Waals surface area (Å²) in [5, 5.41) is 15.8. The first-order valence-corrected chi connectivity index (χ1v) is 12.4. The van der Waals surface area contributed by atoms with Crippen LogP contribution in [-0.2, 0) is 18.6 Å². The van der Waals surface area contributed by atoms with Gasteiger partial charge in [-0.3, -0.25) is 9.69 Å². The Morgan fingerprint density at radius 1 is 1.14 bits per heavy atom. The molecule has 180 valence electrons. The second kappa shape index (κ2) is 9.24. The summed E-state index contributed by atoms with van der Waals surface area (Å²) in [4.78, 5) is 20.0. The van der Waals surface area contributed by atoms with Gasteiger partial charge in [0.15, 0.2) is 5.82 Å². The Balaban J connectivity index is 1.73. The lowest BCUT2D eigenvalue weighted by Gasteiger charge is -2.32. The van der Waals surface area contributed by atoms with Crippen LogP contribution >= 0.6 is 11.3 Å². The van der Waals surface area contributed by atoms with Crippen molar-refractivity contribution in [1.82, 2.24) is 30.1 Å². The van der Waals surface area contributed by atoms with Crippen LogP contribution in [0.1, 0.15) is 54.4 Å². The molecule has 0 fully saturated rings. The smallest absolute Gasteiger partial charge is 0.253 e. The van der Waals surface area contributed by atoms with Crippen molar-refractivity contribution in [3.05, 3.63) is 98.1 Å². The number of hydrogen-bond acceptors (Lipinski definition) is 7. The molecule has 35 heavy (non-hydrogen) atoms. The fourth-order valence-corrected chi connectivity index (χ4v) is 5.06. The number of rotatable bonds is 7. The molecule has 0 spiro atoms. The van der Waals surface area contributed by atoms with Crippen LogP contribution < -0.4 is 5.56 Å². The van der Waals surface area contributed by atoms with E-state index in [-0.39, 0.29) is 11.1 Å². The quantitative estimate of drug-likeness (QED) is 0.346. The zero-order valence-electron chi connectivity index (χ0n) is 20.2. The van der Waals surface area contributed by atoms with Gasteiger partial charge >= 0.3 is 0 Å². The van der Waals surface area contributed by atoms with Crippen LogP contribution in [0.2, 0.25) is 0 Å². The molecule has 5 rings (SSSR count). The molecule has 0 saturated carbocycles. The number of furan rings is 1. The second-order valence-corrected chi connectivity index (χ2v) is 10.8. The molecule has 0 bridgehead atoms. The molecule has 1 N–H and O–H groups in total. The monoisotopic (exact) mass is 488 g/mol. The number of aryl methyl sites for hydroxylation is 1. The van der Waals surface area contributed by atoms with E-state index in [0.717, 1.165) is 22.2 Å². The Morgan fingerprint density at radius 2 is 2.00 bits per heavy atom. The van der Waals surface area contributed by atoms with Gasteiger partial charge in [0, 0.05) is 22.5 Å². The normalized spacial score (nSPS) is 13.1. The van der Waals surface area contributed by atoms with Crippen molar-refractivity contribution >= 4 is 22.2 Å². The number of nitrogens with zero attached hydrogens (tertiary/aromatic N) is 5. The van der Waals surface area contributed by atoms with Crippen LogP contribution in [-0.4, -0.2) is 30.1 Å². The van der Waals surface area contributed by atoms with E-state index >= 15 is 0 Å². The molecule has 0 unspecified atom stereocenters. The van der Waals surface area contributed by atoms with Crippen LogP contribution in [0, 0.1) is 6.92 Å². The lowest BCUT2D eigenvalue weighted by Crippen LogP contribution is -2.37. The molecular weight excluding hydrogens is 460 g/mol. The van der Waals surface area contributed by atoms with E-state index < -0.39 is 6.04 Å². The number of nitrogens with one attached hydrogen (secondary N) is 1. The van der Waals surface area contributed by atoms with Gasteiger partial charge in [0.1, 0.15) is 11.8 Å². The largest absolute Gasteiger partial charge is 0.468 e. The molecule has 0 aliphatic carbocycles. The van der Waals surface area contributed by atoms with E-state index in [1.807, 2.05) is 64.1 Å². The molecule has 4 aromatic heterocycles. The highest BCUT2D eigenvalue weighted by atomic mass is 32.1. The van der Waals surface area contributed by atoms with E-state index in [2.05, 4.69) is 42.9 Å². The predicted molar refractivity (Wildman–Crippen MR) is 136 cm³/mol. The number of fused-ring (bicyclic) bond motifs is 1. The summed E-state index contributed by atoms with van der Waals surface area (Å²) >= 11 is 1.68. The van der Waals surface area contributed by atoms with Gasteiger partial charge < -0.3 is 9.40 Å². The Bertz CT molecular complexity index is 1440. The Morgan fingerprint density at radius 3 is 2.71 bits per heavy atom. The molecule has 0 aliphatic rings. The van der Waals surface area contributed by atoms with Gasteiger partial charge in [-0.2, -0.15) is 0 Å². The molecule has 9 heteroatoms. The number of tetrazole rings is 1. The first-order valence-electron chi connectivity index (χ1n) is 11.5. The van der Waals surface area contributed by atoms with Crippen molar-refractivity contribution < 1.29 is 4.42 Å². The maximum Gasteiger partial charge on any atom is 0.253 e. The Kier molecular flexibility index (Phi) is 6.12. The van der Waals surface area contributed by atoms with E-state index in [0.29, 0.717) is 24.5 Å². The fourth-order valence-electron chi connectivity index (χ4n) is 4.33. The van der Waals surface area contributed by atoms with Crippen molar-refractivity contribution in [1.29, 1.82) is 0 Å². The topological polar surface area (TPSA) is 92.8 Å². The summed E-state index contributed by atoms with van der Waals surface area (Å²) in [7, 11) is 0. The predicted octanol–water partition coefficient (Wildman–Crippen LogP) is 5.02. The molecule has 0 amide bonds. The van der Waals surface area contributed by atoms with Gasteiger partial charge in [0.2, 0.25) is 0 Å². The van der Waals surface area contributed by atoms with Crippen molar-refractivity contribution in [3.8, 4) is 0 Å². The average molecular weight is 489 g/mol. The Hall–Kier alpha value is -3.56. The molecule has 5 aromatic rings. The highest BCUT2D eigenvalue weighted by Gasteiger charge is 2.34. The third-order valence-corrected chi connectivity index (χ3v) is 6.80. The van der Waals surface area contributed by atoms with Crippen LogP contribution in [0.3, 0.4) is 0 Å². The van der Waals surface area contributed by atoms with Gasteiger partial charge in [-0.1, -0.05) is 17.7 Å². The van der Waals surface area contributed by atoms with E-state index in [1.165, 1.54) is 4.88 Å². The summed E-state index contributed by atoms with van der Waals surface area (Å²) in [5.41, 5.74) is 1.97. The number of pyridine rings is 1. The van der Waals surface area contributed by atoms with Gasteiger partial charge in [0.25, 0.3) is 5.56 Å². The van der Waals surface area contributed by atoms with Gasteiger partial charge in [-0.15, -0.1) is 16.4 Å². The van der Waals surface area contributed by atoms with E-state index in [4.69, 9.17) is 4.42 Å². The number of aromatic nitrogens is 5. The molecular formula is C26H28N6O2S. The van der Waals surface area contributed by atoms with Crippen LogP contribution in [0.5, 0.6) is 0 Å². The minimum absolute atomic E-state index is 0.162. The third-order valence-electron chi connectivity index (χ3n) is 5.94. The number of benzene rings is 1. The highest BCUT2D eigenvalue weighted by molar-refractivity contribution is 7.09. The lowest BCUT2D eigenvalue weighted by atomic mass is 10.0. The first-order chi connectivity index (χ1) is 16.8. The van der Waals surface area contributed by atoms with Crippen LogP contribution in [0.25, 0.3) is 10.9 Å². The van der Waals surface area contributed by atoms with Crippen molar-refractivity contribution in [2.45, 2.75) is 52.4 Å². The first kappa shape index (κ1) is 23.2. The molecule has 0 radical (unpaired) electrons. The zero-order valence-corrected chi connectivity index (χ0v) is 21.0. The molecule has 8 nitrogen and oxygen atoms in total. The number of thiophene rings is 1. The number of H-pyrrole nitrogens is 1. The average Bonchev–Trinajstić information content (AvgIpc) is 3.57. The maximum atomic E-state index is 13.5. The summed E-state index contributed by atoms with van der Waals surface area (Å²) in [6.07, 6.45) is 1.67. The summed E-state index contributed by atoms with van der Waals surface area (Å²) in [6.45, 7) is 9.28. The summed E-state index contributed by atoms with van der Waals surface area (Å²) < 4.78 is 7.52. The second-order valence-electron chi connectivity index (χ2n) is 9.73. The number of aromatic amines is 1. The van der Waals surface area contributed by atoms with E-state index in [9.17, 15) is 4.79 Å². The molecule has 0 saturated heterocycles. The molecule has 1 aromatic carbocycles. The maximum absolute atomic E-state index is 13.5. The van der Waals surface area contributed by atoms with Crippen LogP contribution in [0.15, 0.2) is 69.4 Å². The minimum atomic E-state index is -0.509. The summed E-state index contributed by atoms with van der Waals surface area (Å²) in [5.74, 6) is 1.41. The SMILES string of the molecule is Cc1ccc2[nH]c(=O)c([C@@H](c3nnnn3C(C)(C)C)N(Cc3ccco3)Cc3cccs3)cc2c1. The third kappa shape index (κ3) is 4.82. The highest BCUT2D eigenvalue weighted by Crippen LogP contribution is 2.32. The van der Waals surface area contributed by atoms with Crippen molar-refractivity contribution in [3.63, 3.8) is 0 Å². The van der Waals surface area contributed by atoms with Gasteiger partial charge in [-0.25, -0.2) is 4.68 Å². The molecule has 4 heterocycles. The molecule has 0 aliphatic heterocycles. The van der Waals surface area contributed by atoms with Crippen molar-refractivity contribution in [2.75, 3.05) is 0 Å². The lowest BCUT2D eigenvalue weighted by molar-refractivity contribution is 0.173.